The highest BCUT2D eigenvalue weighted by Gasteiger charge is 2.78. The van der Waals surface area contributed by atoms with Crippen molar-refractivity contribution in [2.75, 3.05) is 34.9 Å². The molecule has 3 saturated carbocycles. The number of quaternary nitrogens is 1. The van der Waals surface area contributed by atoms with Crippen molar-refractivity contribution in [2.45, 2.75) is 164 Å². The van der Waals surface area contributed by atoms with Crippen molar-refractivity contribution in [3.8, 4) is 0 Å². The Hall–Kier alpha value is -1.24. The zero-order valence-corrected chi connectivity index (χ0v) is 32.8. The molecule has 1 amide bonds. The third-order valence-corrected chi connectivity index (χ3v) is 15.6. The number of fused-ring (bicyclic) bond motifs is 5. The molecule has 0 spiro atoms. The second-order valence-electron chi connectivity index (χ2n) is 18.8. The lowest BCUT2D eigenvalue weighted by atomic mass is 9.33. The van der Waals surface area contributed by atoms with Crippen LogP contribution in [0.25, 0.3) is 0 Å². The first-order valence-corrected chi connectivity index (χ1v) is 19.1. The Balaban J connectivity index is 1.59. The van der Waals surface area contributed by atoms with Gasteiger partial charge in [0.05, 0.1) is 19.7 Å². The number of carbonyl (C=O) groups is 2. The zero-order valence-electron chi connectivity index (χ0n) is 32.8. The largest absolute Gasteiger partial charge is 0.458 e. The molecule has 270 valence electrons. The predicted octanol–water partition coefficient (Wildman–Crippen LogP) is 9.30. The van der Waals surface area contributed by atoms with Crippen LogP contribution in [0.5, 0.6) is 0 Å². The van der Waals surface area contributed by atoms with Gasteiger partial charge in [0.1, 0.15) is 6.10 Å². The van der Waals surface area contributed by atoms with Gasteiger partial charge in [0.25, 0.3) is 0 Å². The topological polar surface area (TPSA) is 61.8 Å². The summed E-state index contributed by atoms with van der Waals surface area (Å²) in [5, 5.41) is 0. The molecule has 6 heteroatoms. The van der Waals surface area contributed by atoms with Crippen LogP contribution in [-0.2, 0) is 23.8 Å². The molecule has 0 aliphatic heterocycles. The molecule has 0 bridgehead atoms. The number of allylic oxidation sites excluding steroid dienone is 1. The lowest BCUT2D eigenvalue weighted by Crippen LogP contribution is -2.72. The van der Waals surface area contributed by atoms with E-state index in [4.69, 9.17) is 14.2 Å². The number of methoxy groups -OCH3 is 2. The molecule has 0 aromatic carbocycles. The minimum Gasteiger partial charge on any atom is -0.458 e. The zero-order chi connectivity index (χ0) is 35.3. The van der Waals surface area contributed by atoms with Gasteiger partial charge in [-0.15, -0.1) is 0 Å². The van der Waals surface area contributed by atoms with E-state index in [1.165, 1.54) is 57.6 Å². The minimum atomic E-state index is -0.549. The smallest absolute Gasteiger partial charge is 0.365 e. The van der Waals surface area contributed by atoms with Gasteiger partial charge in [-0.3, -0.25) is 4.48 Å². The maximum Gasteiger partial charge on any atom is 0.365 e. The summed E-state index contributed by atoms with van der Waals surface area (Å²) in [5.74, 6) is 0.675. The van der Waals surface area contributed by atoms with Crippen molar-refractivity contribution in [1.29, 1.82) is 0 Å². The van der Waals surface area contributed by atoms with Gasteiger partial charge in [-0.25, -0.2) is 9.59 Å². The molecule has 6 nitrogen and oxygen atoms in total. The number of likely N-dealkylation sites (N-methyl/N-ethyl adjacent to an activating group) is 1. The van der Waals surface area contributed by atoms with E-state index in [9.17, 15) is 9.59 Å². The normalized spacial score (nSPS) is 39.2. The van der Waals surface area contributed by atoms with Crippen LogP contribution < -0.4 is 0 Å². The van der Waals surface area contributed by atoms with Crippen LogP contribution in [0.3, 0.4) is 0 Å². The van der Waals surface area contributed by atoms with Crippen molar-refractivity contribution in [3.05, 3.63) is 11.6 Å². The van der Waals surface area contributed by atoms with Crippen LogP contribution in [-0.4, -0.2) is 69.0 Å². The number of hydrogen-bond acceptors (Lipinski definition) is 5. The standard InChI is InChI=1S/C41H72NO5/c1-29(2)16-14-15-19-36(5)22-25-41(46-13)38(36,7)23-24-39(8)37(6)20-18-32(27-31(37)17-21-40(39,41)9)47-35(44)33(26-30(3)4)42(10,11)34(43)28-45-12/h17,29-30,32-33H,14-16,18-28H2,1-13H3/q+1. The summed E-state index contributed by atoms with van der Waals surface area (Å²) in [7, 11) is 7.18. The fourth-order valence-corrected chi connectivity index (χ4v) is 11.7. The van der Waals surface area contributed by atoms with Crippen LogP contribution in [0.2, 0.25) is 0 Å². The van der Waals surface area contributed by atoms with Crippen molar-refractivity contribution < 1.29 is 28.3 Å². The molecule has 0 aromatic rings. The third-order valence-electron chi connectivity index (χ3n) is 15.6. The highest BCUT2D eigenvalue weighted by Crippen LogP contribution is 2.80. The van der Waals surface area contributed by atoms with Crippen LogP contribution >= 0.6 is 0 Å². The van der Waals surface area contributed by atoms with Gasteiger partial charge >= 0.3 is 11.9 Å². The first kappa shape index (κ1) is 38.6. The maximum atomic E-state index is 13.8. The van der Waals surface area contributed by atoms with E-state index < -0.39 is 6.04 Å². The number of unbranched alkanes of at least 4 members (excludes halogenated alkanes) is 1. The predicted molar refractivity (Wildman–Crippen MR) is 191 cm³/mol. The van der Waals surface area contributed by atoms with E-state index in [0.717, 1.165) is 38.0 Å². The molecule has 0 saturated heterocycles. The Bertz CT molecular complexity index is 1190. The quantitative estimate of drug-likeness (QED) is 0.0854. The summed E-state index contributed by atoms with van der Waals surface area (Å²) in [6.45, 7) is 21.7. The van der Waals surface area contributed by atoms with Crippen molar-refractivity contribution >= 4 is 11.9 Å². The fourth-order valence-electron chi connectivity index (χ4n) is 11.7. The van der Waals surface area contributed by atoms with Crippen molar-refractivity contribution in [1.82, 2.24) is 0 Å². The van der Waals surface area contributed by atoms with E-state index in [0.29, 0.717) is 6.42 Å². The molecule has 4 rings (SSSR count). The number of hydrogen-bond donors (Lipinski definition) is 0. The molecule has 8 atom stereocenters. The first-order valence-electron chi connectivity index (χ1n) is 19.1. The average molecular weight is 659 g/mol. The molecular formula is C41H72NO5+. The molecule has 0 radical (unpaired) electrons. The Morgan fingerprint density at radius 1 is 0.872 bits per heavy atom. The van der Waals surface area contributed by atoms with E-state index >= 15 is 0 Å². The molecule has 3 fully saturated rings. The Kier molecular flexibility index (Phi) is 11.1. The van der Waals surface area contributed by atoms with Gasteiger partial charge in [0.15, 0.2) is 12.6 Å². The fraction of sp³-hybridized carbons (Fsp3) is 0.902. The van der Waals surface area contributed by atoms with E-state index in [2.05, 4.69) is 68.4 Å². The molecule has 47 heavy (non-hydrogen) atoms. The minimum absolute atomic E-state index is 0.00474. The number of carbonyl (C=O) groups excluding carboxylic acids is 2. The van der Waals surface area contributed by atoms with E-state index in [-0.39, 0.29) is 67.7 Å². The van der Waals surface area contributed by atoms with Crippen LogP contribution in [0.1, 0.15) is 146 Å². The molecule has 0 N–H and O–H groups in total. The lowest BCUT2D eigenvalue weighted by Gasteiger charge is -2.73. The summed E-state index contributed by atoms with van der Waals surface area (Å²) in [5.41, 5.74) is 1.81. The van der Waals surface area contributed by atoms with Crippen molar-refractivity contribution in [2.24, 2.45) is 38.9 Å². The number of amides is 1. The van der Waals surface area contributed by atoms with Crippen molar-refractivity contribution in [3.63, 3.8) is 0 Å². The second kappa shape index (κ2) is 13.5. The molecule has 8 unspecified atom stereocenters. The number of ether oxygens (including phenoxy) is 3. The maximum absolute atomic E-state index is 13.8. The van der Waals surface area contributed by atoms with Gasteiger partial charge in [-0.05, 0) is 79.4 Å². The summed E-state index contributed by atoms with van der Waals surface area (Å²) in [4.78, 5) is 26.9. The lowest BCUT2D eigenvalue weighted by molar-refractivity contribution is -0.833. The monoisotopic (exact) mass is 659 g/mol. The van der Waals surface area contributed by atoms with Gasteiger partial charge in [0.2, 0.25) is 0 Å². The second-order valence-corrected chi connectivity index (χ2v) is 18.8. The van der Waals surface area contributed by atoms with E-state index in [1.807, 2.05) is 21.2 Å². The summed E-state index contributed by atoms with van der Waals surface area (Å²) < 4.78 is 18.4. The number of nitrogens with zero attached hydrogens (tertiary/aromatic N) is 1. The van der Waals surface area contributed by atoms with Gasteiger partial charge < -0.3 is 14.2 Å². The summed E-state index contributed by atoms with van der Waals surface area (Å²) in [6.07, 6.45) is 16.7. The molecular weight excluding hydrogens is 586 g/mol. The first-order chi connectivity index (χ1) is 21.7. The van der Waals surface area contributed by atoms with E-state index in [1.54, 1.807) is 0 Å². The average Bonchev–Trinajstić information content (AvgIpc) is 3.23. The molecule has 4 aliphatic rings. The number of rotatable bonds is 13. The van der Waals surface area contributed by atoms with Crippen LogP contribution in [0.4, 0.5) is 0 Å². The van der Waals surface area contributed by atoms with Crippen LogP contribution in [0.15, 0.2) is 11.6 Å². The highest BCUT2D eigenvalue weighted by atomic mass is 16.5. The highest BCUT2D eigenvalue weighted by molar-refractivity contribution is 5.79. The Morgan fingerprint density at radius 3 is 2.13 bits per heavy atom. The molecule has 4 aliphatic carbocycles. The van der Waals surface area contributed by atoms with Gasteiger partial charge in [0, 0.05) is 37.9 Å². The summed E-state index contributed by atoms with van der Waals surface area (Å²) >= 11 is 0. The van der Waals surface area contributed by atoms with Gasteiger partial charge in [-0.1, -0.05) is 93.2 Å². The Labute approximate surface area is 288 Å². The summed E-state index contributed by atoms with van der Waals surface area (Å²) in [6, 6.07) is -0.549. The van der Waals surface area contributed by atoms with Crippen LogP contribution in [0, 0.1) is 38.9 Å². The Morgan fingerprint density at radius 2 is 1.53 bits per heavy atom. The molecule has 0 aromatic heterocycles. The number of esters is 1. The molecule has 0 heterocycles. The SMILES string of the molecule is COCC(=O)[N+](C)(C)C(CC(C)C)C(=O)OC1CCC2(C)C(=CCC3(C)C2(C)CCC2(C)C(C)(CCCCC(C)C)CCC23OC)C1. The third kappa shape index (κ3) is 5.90. The van der Waals surface area contributed by atoms with Gasteiger partial charge in [-0.2, -0.15) is 0 Å².